The van der Waals surface area contributed by atoms with Gasteiger partial charge in [-0.15, -0.1) is 0 Å². The Morgan fingerprint density at radius 2 is 1.65 bits per heavy atom. The lowest BCUT2D eigenvalue weighted by Gasteiger charge is -2.06. The first kappa shape index (κ1) is 12.3. The van der Waals surface area contributed by atoms with Crippen LogP contribution in [-0.4, -0.2) is 13.0 Å². The molecule has 88 valence electrons. The highest BCUT2D eigenvalue weighted by Gasteiger charge is 2.12. The van der Waals surface area contributed by atoms with Gasteiger partial charge >= 0.3 is 0 Å². The summed E-state index contributed by atoms with van der Waals surface area (Å²) in [4.78, 5) is -0.121. The zero-order valence-electron chi connectivity index (χ0n) is 8.67. The molecule has 0 aliphatic rings. The normalized spacial score (nSPS) is 11.4. The maximum atomic E-state index is 11.0. The van der Waals surface area contributed by atoms with Crippen molar-refractivity contribution < 1.29 is 13.0 Å². The van der Waals surface area contributed by atoms with Crippen LogP contribution in [0.3, 0.4) is 0 Å². The minimum Gasteiger partial charge on any atom is -0.282 e. The van der Waals surface area contributed by atoms with Crippen molar-refractivity contribution in [1.29, 1.82) is 0 Å². The number of hydrogen-bond acceptors (Lipinski definition) is 2. The molecule has 2 aromatic rings. The lowest BCUT2D eigenvalue weighted by molar-refractivity contribution is 0.483. The third-order valence-electron chi connectivity index (χ3n) is 2.32. The predicted octanol–water partition coefficient (Wildman–Crippen LogP) is 3.36. The zero-order valence-corrected chi connectivity index (χ0v) is 11.1. The summed E-state index contributed by atoms with van der Waals surface area (Å²) in [6.07, 6.45) is 0. The summed E-state index contributed by atoms with van der Waals surface area (Å²) in [5.41, 5.74) is 1.85. The largest absolute Gasteiger partial charge is 0.294 e. The average molecular weight is 313 g/mol. The Labute approximate surface area is 108 Å². The first-order chi connectivity index (χ1) is 7.98. The van der Waals surface area contributed by atoms with E-state index < -0.39 is 10.1 Å². The minimum atomic E-state index is -4.15. The fourth-order valence-electron chi connectivity index (χ4n) is 1.51. The Morgan fingerprint density at radius 1 is 1.00 bits per heavy atom. The average Bonchev–Trinajstić information content (AvgIpc) is 2.29. The molecule has 5 heteroatoms. The quantitative estimate of drug-likeness (QED) is 0.865. The number of hydrogen-bond donors (Lipinski definition) is 1. The molecule has 0 unspecified atom stereocenters. The van der Waals surface area contributed by atoms with Crippen molar-refractivity contribution in [3.8, 4) is 11.1 Å². The van der Waals surface area contributed by atoms with Crippen LogP contribution in [0.2, 0.25) is 0 Å². The summed E-state index contributed by atoms with van der Waals surface area (Å²) >= 11 is 3.30. The van der Waals surface area contributed by atoms with Crippen LogP contribution in [0.15, 0.2) is 57.9 Å². The fourth-order valence-corrected chi connectivity index (χ4v) is 2.77. The minimum absolute atomic E-state index is 0.121. The summed E-state index contributed by atoms with van der Waals surface area (Å²) < 4.78 is 31.5. The van der Waals surface area contributed by atoms with Gasteiger partial charge in [-0.1, -0.05) is 52.3 Å². The molecule has 0 aliphatic carbocycles. The molecule has 17 heavy (non-hydrogen) atoms. The number of benzene rings is 2. The van der Waals surface area contributed by atoms with Crippen LogP contribution in [0.4, 0.5) is 0 Å². The van der Waals surface area contributed by atoms with E-state index in [0.717, 1.165) is 11.1 Å². The van der Waals surface area contributed by atoms with Crippen molar-refractivity contribution in [2.24, 2.45) is 0 Å². The summed E-state index contributed by atoms with van der Waals surface area (Å²) in [6, 6.07) is 14.0. The predicted molar refractivity (Wildman–Crippen MR) is 69.4 cm³/mol. The van der Waals surface area contributed by atoms with Gasteiger partial charge in [-0.05, 0) is 23.3 Å². The molecule has 2 aromatic carbocycles. The maximum Gasteiger partial charge on any atom is 0.294 e. The summed E-state index contributed by atoms with van der Waals surface area (Å²) in [6.45, 7) is 0. The van der Waals surface area contributed by atoms with Gasteiger partial charge in [0, 0.05) is 4.47 Å². The Balaban J connectivity index is 2.54. The monoisotopic (exact) mass is 312 g/mol. The standard InChI is InChI=1S/C12H9BrO3S/c13-12-8-10(17(14,15)16)6-7-11(12)9-4-2-1-3-5-9/h1-8H,(H,14,15,16). The van der Waals surface area contributed by atoms with Crippen molar-refractivity contribution in [3.05, 3.63) is 53.0 Å². The van der Waals surface area contributed by atoms with E-state index in [2.05, 4.69) is 15.9 Å². The van der Waals surface area contributed by atoms with Gasteiger partial charge in [0.25, 0.3) is 10.1 Å². The highest BCUT2D eigenvalue weighted by molar-refractivity contribution is 9.10. The highest BCUT2D eigenvalue weighted by Crippen LogP contribution is 2.30. The van der Waals surface area contributed by atoms with Crippen LogP contribution in [0, 0.1) is 0 Å². The molecule has 0 atom stereocenters. The molecule has 0 bridgehead atoms. The Kier molecular flexibility index (Phi) is 3.33. The van der Waals surface area contributed by atoms with Crippen molar-refractivity contribution in [3.63, 3.8) is 0 Å². The van der Waals surface area contributed by atoms with E-state index in [0.29, 0.717) is 4.47 Å². The van der Waals surface area contributed by atoms with Crippen molar-refractivity contribution in [2.45, 2.75) is 4.90 Å². The van der Waals surface area contributed by atoms with E-state index >= 15 is 0 Å². The van der Waals surface area contributed by atoms with E-state index in [-0.39, 0.29) is 4.90 Å². The van der Waals surface area contributed by atoms with Crippen LogP contribution < -0.4 is 0 Å². The molecule has 0 radical (unpaired) electrons. The molecule has 2 rings (SSSR count). The third kappa shape index (κ3) is 2.74. The molecule has 0 saturated heterocycles. The topological polar surface area (TPSA) is 54.4 Å². The lowest BCUT2D eigenvalue weighted by Crippen LogP contribution is -1.97. The molecule has 0 saturated carbocycles. The van der Waals surface area contributed by atoms with Crippen LogP contribution in [0.1, 0.15) is 0 Å². The van der Waals surface area contributed by atoms with Gasteiger partial charge in [-0.25, -0.2) is 0 Å². The number of rotatable bonds is 2. The van der Waals surface area contributed by atoms with Crippen molar-refractivity contribution in [1.82, 2.24) is 0 Å². The van der Waals surface area contributed by atoms with Gasteiger partial charge in [0.1, 0.15) is 0 Å². The third-order valence-corrected chi connectivity index (χ3v) is 3.83. The molecule has 0 spiro atoms. The Bertz CT molecular complexity index is 636. The first-order valence-corrected chi connectivity index (χ1v) is 7.04. The van der Waals surface area contributed by atoms with Gasteiger partial charge in [0.15, 0.2) is 0 Å². The van der Waals surface area contributed by atoms with E-state index in [4.69, 9.17) is 4.55 Å². The molecule has 3 nitrogen and oxygen atoms in total. The van der Waals surface area contributed by atoms with Gasteiger partial charge in [0.05, 0.1) is 4.90 Å². The molecular formula is C12H9BrO3S. The highest BCUT2D eigenvalue weighted by atomic mass is 79.9. The Hall–Kier alpha value is -1.17. The zero-order chi connectivity index (χ0) is 12.5. The van der Waals surface area contributed by atoms with Gasteiger partial charge < -0.3 is 0 Å². The smallest absolute Gasteiger partial charge is 0.282 e. The molecule has 1 N–H and O–H groups in total. The second-order valence-corrected chi connectivity index (χ2v) is 5.76. The second-order valence-electron chi connectivity index (χ2n) is 3.48. The van der Waals surface area contributed by atoms with E-state index in [9.17, 15) is 8.42 Å². The molecule has 0 heterocycles. The summed E-state index contributed by atoms with van der Waals surface area (Å²) in [5.74, 6) is 0. The van der Waals surface area contributed by atoms with Crippen LogP contribution in [-0.2, 0) is 10.1 Å². The van der Waals surface area contributed by atoms with Gasteiger partial charge in [0.2, 0.25) is 0 Å². The van der Waals surface area contributed by atoms with E-state index in [1.807, 2.05) is 30.3 Å². The maximum absolute atomic E-state index is 11.0. The van der Waals surface area contributed by atoms with Crippen LogP contribution >= 0.6 is 15.9 Å². The van der Waals surface area contributed by atoms with E-state index in [1.165, 1.54) is 12.1 Å². The molecule has 0 fully saturated rings. The molecular weight excluding hydrogens is 304 g/mol. The van der Waals surface area contributed by atoms with Crippen LogP contribution in [0.5, 0.6) is 0 Å². The van der Waals surface area contributed by atoms with Crippen LogP contribution in [0.25, 0.3) is 11.1 Å². The number of halogens is 1. The van der Waals surface area contributed by atoms with Crippen molar-refractivity contribution in [2.75, 3.05) is 0 Å². The molecule has 0 aromatic heterocycles. The SMILES string of the molecule is O=S(=O)(O)c1ccc(-c2ccccc2)c(Br)c1. The van der Waals surface area contributed by atoms with E-state index in [1.54, 1.807) is 6.07 Å². The molecule has 0 aliphatic heterocycles. The van der Waals surface area contributed by atoms with Gasteiger partial charge in [-0.3, -0.25) is 4.55 Å². The second kappa shape index (κ2) is 4.60. The first-order valence-electron chi connectivity index (χ1n) is 4.81. The fraction of sp³-hybridized carbons (Fsp3) is 0. The summed E-state index contributed by atoms with van der Waals surface area (Å²) in [5, 5.41) is 0. The summed E-state index contributed by atoms with van der Waals surface area (Å²) in [7, 11) is -4.15. The Morgan fingerprint density at radius 3 is 2.18 bits per heavy atom. The van der Waals surface area contributed by atoms with Crippen molar-refractivity contribution >= 4 is 26.0 Å². The lowest BCUT2D eigenvalue weighted by atomic mass is 10.1. The van der Waals surface area contributed by atoms with Gasteiger partial charge in [-0.2, -0.15) is 8.42 Å². The molecule has 0 amide bonds.